The molecule has 2 rings (SSSR count). The van der Waals surface area contributed by atoms with Crippen LogP contribution >= 0.6 is 0 Å². The highest BCUT2D eigenvalue weighted by molar-refractivity contribution is 5.40. The van der Waals surface area contributed by atoms with E-state index in [1.165, 1.54) is 5.56 Å². The van der Waals surface area contributed by atoms with E-state index in [-0.39, 0.29) is 0 Å². The molecule has 1 aromatic carbocycles. The molecule has 2 heteroatoms. The average molecular weight is 205 g/mol. The lowest BCUT2D eigenvalue weighted by Gasteiger charge is -2.30. The number of rotatable bonds is 2. The average Bonchev–Trinajstić information content (AvgIpc) is 2.17. The smallest absolute Gasteiger partial charge is 0.119 e. The maximum atomic E-state index is 9.71. The highest BCUT2D eigenvalue weighted by Crippen LogP contribution is 2.26. The van der Waals surface area contributed by atoms with Crippen molar-refractivity contribution in [1.82, 2.24) is 4.90 Å². The van der Waals surface area contributed by atoms with Crippen LogP contribution in [0.1, 0.15) is 25.0 Å². The zero-order valence-corrected chi connectivity index (χ0v) is 9.53. The lowest BCUT2D eigenvalue weighted by molar-refractivity contribution is 0.225. The maximum absolute atomic E-state index is 9.71. The Labute approximate surface area is 91.5 Å². The Morgan fingerprint density at radius 1 is 1.40 bits per heavy atom. The molecule has 0 spiro atoms. The molecule has 82 valence electrons. The molecule has 0 saturated heterocycles. The fraction of sp³-hybridized carbons (Fsp3) is 0.538. The van der Waals surface area contributed by atoms with Gasteiger partial charge in [0, 0.05) is 19.6 Å². The number of phenolic OH excluding ortho intramolecular Hbond substituents is 1. The summed E-state index contributed by atoms with van der Waals surface area (Å²) in [6, 6.07) is 5.85. The number of benzene rings is 1. The Kier molecular flexibility index (Phi) is 2.96. The van der Waals surface area contributed by atoms with Crippen LogP contribution in [0.4, 0.5) is 0 Å². The predicted molar refractivity (Wildman–Crippen MR) is 61.9 cm³/mol. The second kappa shape index (κ2) is 4.23. The number of phenols is 1. The van der Waals surface area contributed by atoms with Crippen molar-refractivity contribution in [2.24, 2.45) is 5.92 Å². The van der Waals surface area contributed by atoms with E-state index in [2.05, 4.69) is 24.8 Å². The molecule has 0 radical (unpaired) electrons. The number of hydrogen-bond donors (Lipinski definition) is 1. The summed E-state index contributed by atoms with van der Waals surface area (Å²) in [5, 5.41) is 9.71. The van der Waals surface area contributed by atoms with E-state index in [0.29, 0.717) is 11.7 Å². The van der Waals surface area contributed by atoms with Crippen LogP contribution in [0.5, 0.6) is 5.75 Å². The Bertz CT molecular complexity index is 346. The van der Waals surface area contributed by atoms with E-state index >= 15 is 0 Å². The molecule has 1 aliphatic rings. The Morgan fingerprint density at radius 2 is 2.20 bits per heavy atom. The minimum Gasteiger partial charge on any atom is -0.508 e. The van der Waals surface area contributed by atoms with Crippen molar-refractivity contribution in [2.75, 3.05) is 13.1 Å². The summed E-state index contributed by atoms with van der Waals surface area (Å²) in [6.07, 6.45) is 0.981. The van der Waals surface area contributed by atoms with Crippen molar-refractivity contribution in [3.05, 3.63) is 29.3 Å². The molecule has 0 saturated carbocycles. The maximum Gasteiger partial charge on any atom is 0.119 e. The van der Waals surface area contributed by atoms with Crippen molar-refractivity contribution < 1.29 is 5.11 Å². The summed E-state index contributed by atoms with van der Waals surface area (Å²) in [5.74, 6) is 1.18. The van der Waals surface area contributed by atoms with E-state index in [1.54, 1.807) is 6.07 Å². The first-order valence-corrected chi connectivity index (χ1v) is 5.69. The van der Waals surface area contributed by atoms with Crippen LogP contribution < -0.4 is 0 Å². The molecule has 0 atom stereocenters. The normalized spacial score (nSPS) is 16.7. The van der Waals surface area contributed by atoms with E-state index < -0.39 is 0 Å². The molecule has 15 heavy (non-hydrogen) atoms. The van der Waals surface area contributed by atoms with Crippen LogP contribution in [-0.4, -0.2) is 23.1 Å². The molecule has 1 heterocycles. The van der Waals surface area contributed by atoms with E-state index in [1.807, 2.05) is 6.07 Å². The van der Waals surface area contributed by atoms with Gasteiger partial charge in [0.25, 0.3) is 0 Å². The standard InChI is InChI=1S/C13H19NO/c1-10(2)8-14-7-6-12-11(9-14)4-3-5-13(12)15/h3-5,10,15H,6-9H2,1-2H3. The van der Waals surface area contributed by atoms with Crippen LogP contribution in [0, 0.1) is 5.92 Å². The summed E-state index contributed by atoms with van der Waals surface area (Å²) in [4.78, 5) is 2.46. The quantitative estimate of drug-likeness (QED) is 0.801. The summed E-state index contributed by atoms with van der Waals surface area (Å²) in [5.41, 5.74) is 2.44. The van der Waals surface area contributed by atoms with Gasteiger partial charge in [0.2, 0.25) is 0 Å². The van der Waals surface area contributed by atoms with Crippen LogP contribution in [0.15, 0.2) is 18.2 Å². The Morgan fingerprint density at radius 3 is 2.93 bits per heavy atom. The third kappa shape index (κ3) is 2.32. The van der Waals surface area contributed by atoms with Crippen molar-refractivity contribution in [3.63, 3.8) is 0 Å². The lowest BCUT2D eigenvalue weighted by atomic mass is 9.98. The first kappa shape index (κ1) is 10.5. The topological polar surface area (TPSA) is 23.5 Å². The number of nitrogens with zero attached hydrogens (tertiary/aromatic N) is 1. The van der Waals surface area contributed by atoms with Gasteiger partial charge in [-0.2, -0.15) is 0 Å². The van der Waals surface area contributed by atoms with Gasteiger partial charge in [0.05, 0.1) is 0 Å². The van der Waals surface area contributed by atoms with E-state index in [0.717, 1.165) is 31.6 Å². The molecule has 0 fully saturated rings. The molecule has 2 nitrogen and oxygen atoms in total. The fourth-order valence-corrected chi connectivity index (χ4v) is 2.32. The molecule has 1 aromatic rings. The van der Waals surface area contributed by atoms with Crippen molar-refractivity contribution >= 4 is 0 Å². The van der Waals surface area contributed by atoms with Gasteiger partial charge in [-0.25, -0.2) is 0 Å². The molecule has 1 aliphatic heterocycles. The minimum atomic E-state index is 0.469. The minimum absolute atomic E-state index is 0.469. The van der Waals surface area contributed by atoms with Crippen molar-refractivity contribution in [2.45, 2.75) is 26.8 Å². The number of aromatic hydroxyl groups is 1. The van der Waals surface area contributed by atoms with Gasteiger partial charge in [-0.3, -0.25) is 4.90 Å². The van der Waals surface area contributed by atoms with Crippen LogP contribution in [0.25, 0.3) is 0 Å². The Hall–Kier alpha value is -1.02. The highest BCUT2D eigenvalue weighted by Gasteiger charge is 2.18. The second-order valence-electron chi connectivity index (χ2n) is 4.79. The molecule has 0 unspecified atom stereocenters. The van der Waals surface area contributed by atoms with Crippen LogP contribution in [0.2, 0.25) is 0 Å². The molecule has 0 amide bonds. The number of hydrogen-bond acceptors (Lipinski definition) is 2. The largest absolute Gasteiger partial charge is 0.508 e. The molecule has 1 N–H and O–H groups in total. The van der Waals surface area contributed by atoms with Crippen molar-refractivity contribution in [3.8, 4) is 5.75 Å². The third-order valence-corrected chi connectivity index (χ3v) is 2.94. The van der Waals surface area contributed by atoms with Gasteiger partial charge in [0.15, 0.2) is 0 Å². The van der Waals surface area contributed by atoms with Crippen LogP contribution in [-0.2, 0) is 13.0 Å². The van der Waals surface area contributed by atoms with Crippen LogP contribution in [0.3, 0.4) is 0 Å². The first-order valence-electron chi connectivity index (χ1n) is 5.69. The van der Waals surface area contributed by atoms with Gasteiger partial charge < -0.3 is 5.11 Å². The molecular formula is C13H19NO. The van der Waals surface area contributed by atoms with Gasteiger partial charge in [0.1, 0.15) is 5.75 Å². The first-order chi connectivity index (χ1) is 7.16. The molecule has 0 aromatic heterocycles. The summed E-state index contributed by atoms with van der Waals surface area (Å²) >= 11 is 0. The highest BCUT2D eigenvalue weighted by atomic mass is 16.3. The van der Waals surface area contributed by atoms with Gasteiger partial charge in [-0.1, -0.05) is 26.0 Å². The summed E-state index contributed by atoms with van der Waals surface area (Å²) in [6.45, 7) is 7.70. The Balaban J connectivity index is 2.13. The van der Waals surface area contributed by atoms with Gasteiger partial charge >= 0.3 is 0 Å². The molecule has 0 aliphatic carbocycles. The number of fused-ring (bicyclic) bond motifs is 1. The fourth-order valence-electron chi connectivity index (χ4n) is 2.32. The predicted octanol–water partition coefficient (Wildman–Crippen LogP) is 2.41. The van der Waals surface area contributed by atoms with E-state index in [9.17, 15) is 5.11 Å². The molecular weight excluding hydrogens is 186 g/mol. The van der Waals surface area contributed by atoms with Crippen molar-refractivity contribution in [1.29, 1.82) is 0 Å². The zero-order chi connectivity index (χ0) is 10.8. The monoisotopic (exact) mass is 205 g/mol. The lowest BCUT2D eigenvalue weighted by Crippen LogP contribution is -2.33. The zero-order valence-electron chi connectivity index (χ0n) is 9.53. The van der Waals surface area contributed by atoms with E-state index in [4.69, 9.17) is 0 Å². The summed E-state index contributed by atoms with van der Waals surface area (Å²) in [7, 11) is 0. The second-order valence-corrected chi connectivity index (χ2v) is 4.79. The third-order valence-electron chi connectivity index (χ3n) is 2.94. The van der Waals surface area contributed by atoms with Gasteiger partial charge in [-0.05, 0) is 29.5 Å². The molecule has 0 bridgehead atoms. The summed E-state index contributed by atoms with van der Waals surface area (Å²) < 4.78 is 0. The SMILES string of the molecule is CC(C)CN1CCc2c(O)cccc2C1. The van der Waals surface area contributed by atoms with Gasteiger partial charge in [-0.15, -0.1) is 0 Å².